The van der Waals surface area contributed by atoms with Gasteiger partial charge in [-0.15, -0.1) is 11.8 Å². The summed E-state index contributed by atoms with van der Waals surface area (Å²) in [6.07, 6.45) is 3.31. The first-order valence-corrected chi connectivity index (χ1v) is 16.8. The lowest BCUT2D eigenvalue weighted by molar-refractivity contribution is -0.119. The Morgan fingerprint density at radius 1 is 0.826 bits per heavy atom. The molecule has 0 saturated carbocycles. The second-order valence-corrected chi connectivity index (χ2v) is 12.3. The number of ether oxygens (including phenoxy) is 3. The van der Waals surface area contributed by atoms with Crippen molar-refractivity contribution in [3.05, 3.63) is 103 Å². The standard InChI is InChI=1S/C33H34N4O7S2/c1-4-43-28-15-9-26(10-16-28)37(46(40,41)31-19-17-30(45-3)18-20-31)22-32(38)36-34-21-24-5-11-29(12-6-24)44-23-33(39)35-25-7-13-27(42-2)14-8-25/h5-21H,4,22-23H2,1-3H3,(H,35,39)(H,36,38)/b34-21-. The molecule has 46 heavy (non-hydrogen) atoms. The molecule has 2 amide bonds. The normalized spacial score (nSPS) is 11.1. The van der Waals surface area contributed by atoms with Gasteiger partial charge >= 0.3 is 0 Å². The van der Waals surface area contributed by atoms with Gasteiger partial charge in [0.05, 0.1) is 30.5 Å². The molecule has 2 N–H and O–H groups in total. The van der Waals surface area contributed by atoms with Crippen LogP contribution >= 0.6 is 11.8 Å². The quantitative estimate of drug-likeness (QED) is 0.101. The maximum atomic E-state index is 13.6. The maximum absolute atomic E-state index is 13.6. The summed E-state index contributed by atoms with van der Waals surface area (Å²) in [6.45, 7) is 1.61. The molecule has 4 rings (SSSR count). The lowest BCUT2D eigenvalue weighted by Gasteiger charge is -2.24. The minimum atomic E-state index is -4.09. The topological polar surface area (TPSA) is 136 Å². The highest BCUT2D eigenvalue weighted by molar-refractivity contribution is 7.98. The second kappa shape index (κ2) is 16.3. The van der Waals surface area contributed by atoms with Crippen molar-refractivity contribution in [2.45, 2.75) is 16.7 Å². The number of nitrogens with zero attached hydrogens (tertiary/aromatic N) is 2. The number of anilines is 2. The van der Waals surface area contributed by atoms with Gasteiger partial charge in [-0.2, -0.15) is 5.10 Å². The number of nitrogens with one attached hydrogen (secondary N) is 2. The fourth-order valence-corrected chi connectivity index (χ4v) is 5.91. The molecule has 11 nitrogen and oxygen atoms in total. The number of hydrogen-bond acceptors (Lipinski definition) is 9. The highest BCUT2D eigenvalue weighted by Crippen LogP contribution is 2.27. The van der Waals surface area contributed by atoms with Crippen LogP contribution in [-0.4, -0.2) is 59.6 Å². The van der Waals surface area contributed by atoms with Crippen LogP contribution in [0.15, 0.2) is 112 Å². The molecule has 240 valence electrons. The number of hydrazone groups is 1. The molecule has 13 heteroatoms. The van der Waals surface area contributed by atoms with Gasteiger partial charge in [0.2, 0.25) is 0 Å². The maximum Gasteiger partial charge on any atom is 0.264 e. The molecular formula is C33H34N4O7S2. The van der Waals surface area contributed by atoms with Gasteiger partial charge in [0, 0.05) is 10.6 Å². The zero-order valence-corrected chi connectivity index (χ0v) is 27.1. The van der Waals surface area contributed by atoms with Gasteiger partial charge in [-0.25, -0.2) is 13.8 Å². The van der Waals surface area contributed by atoms with Crippen LogP contribution in [0.25, 0.3) is 0 Å². The summed E-state index contributed by atoms with van der Waals surface area (Å²) in [5.74, 6) is 0.765. The average Bonchev–Trinajstić information content (AvgIpc) is 3.08. The third-order valence-electron chi connectivity index (χ3n) is 6.40. The van der Waals surface area contributed by atoms with Crippen LogP contribution in [0.1, 0.15) is 12.5 Å². The van der Waals surface area contributed by atoms with Crippen LogP contribution in [-0.2, 0) is 19.6 Å². The SMILES string of the molecule is CCOc1ccc(N(CC(=O)N/N=C\c2ccc(OCC(=O)Nc3ccc(OC)cc3)cc2)S(=O)(=O)c2ccc(SC)cc2)cc1. The van der Waals surface area contributed by atoms with Crippen LogP contribution in [0.2, 0.25) is 0 Å². The Labute approximate surface area is 272 Å². The fourth-order valence-electron chi connectivity index (χ4n) is 4.08. The molecule has 0 atom stereocenters. The highest BCUT2D eigenvalue weighted by atomic mass is 32.2. The largest absolute Gasteiger partial charge is 0.497 e. The molecule has 0 saturated heterocycles. The Morgan fingerprint density at radius 3 is 2.04 bits per heavy atom. The number of sulfonamides is 1. The van der Waals surface area contributed by atoms with Gasteiger partial charge in [0.25, 0.3) is 21.8 Å². The fraction of sp³-hybridized carbons (Fsp3) is 0.182. The number of amides is 2. The van der Waals surface area contributed by atoms with Gasteiger partial charge in [-0.05, 0) is 116 Å². The van der Waals surface area contributed by atoms with Gasteiger partial charge in [-0.3, -0.25) is 13.9 Å². The van der Waals surface area contributed by atoms with E-state index in [2.05, 4.69) is 15.8 Å². The molecule has 0 aliphatic rings. The third kappa shape index (κ3) is 9.49. The van der Waals surface area contributed by atoms with E-state index in [0.717, 1.165) is 9.20 Å². The van der Waals surface area contributed by atoms with Crippen molar-refractivity contribution in [1.29, 1.82) is 0 Å². The second-order valence-electron chi connectivity index (χ2n) is 9.54. The number of carbonyl (C=O) groups excluding carboxylic acids is 2. The van der Waals surface area contributed by atoms with Gasteiger partial charge < -0.3 is 19.5 Å². The first kappa shape index (κ1) is 33.9. The van der Waals surface area contributed by atoms with E-state index in [1.54, 1.807) is 92.0 Å². The van der Waals surface area contributed by atoms with Crippen LogP contribution in [0, 0.1) is 0 Å². The Morgan fingerprint density at radius 2 is 1.43 bits per heavy atom. The summed E-state index contributed by atoms with van der Waals surface area (Å²) in [5, 5.41) is 6.72. The van der Waals surface area contributed by atoms with Crippen molar-refractivity contribution in [1.82, 2.24) is 5.43 Å². The summed E-state index contributed by atoms with van der Waals surface area (Å²) >= 11 is 1.49. The lowest BCUT2D eigenvalue weighted by Crippen LogP contribution is -2.39. The average molecular weight is 663 g/mol. The van der Waals surface area contributed by atoms with E-state index in [0.29, 0.717) is 40.8 Å². The minimum absolute atomic E-state index is 0.0519. The van der Waals surface area contributed by atoms with Crippen molar-refractivity contribution in [3.8, 4) is 17.2 Å². The first-order valence-electron chi connectivity index (χ1n) is 14.1. The number of methoxy groups -OCH3 is 1. The van der Waals surface area contributed by atoms with Crippen molar-refractivity contribution >= 4 is 51.2 Å². The van der Waals surface area contributed by atoms with Gasteiger partial charge in [0.1, 0.15) is 23.8 Å². The summed E-state index contributed by atoms with van der Waals surface area (Å²) in [6, 6.07) is 26.6. The molecule has 4 aromatic rings. The summed E-state index contributed by atoms with van der Waals surface area (Å²) in [5.41, 5.74) is 3.95. The van der Waals surface area contributed by atoms with Crippen molar-refractivity contribution in [2.24, 2.45) is 5.10 Å². The number of thioether (sulfide) groups is 1. The summed E-state index contributed by atoms with van der Waals surface area (Å²) in [4.78, 5) is 26.1. The predicted octanol–water partition coefficient (Wildman–Crippen LogP) is 5.18. The van der Waals surface area contributed by atoms with E-state index in [-0.39, 0.29) is 17.4 Å². The number of benzene rings is 4. The van der Waals surface area contributed by atoms with Crippen molar-refractivity contribution < 1.29 is 32.2 Å². The Kier molecular flexibility index (Phi) is 12.0. The molecule has 0 fully saturated rings. The van der Waals surface area contributed by atoms with Crippen LogP contribution in [0.4, 0.5) is 11.4 Å². The van der Waals surface area contributed by atoms with Crippen molar-refractivity contribution in [2.75, 3.05) is 42.7 Å². The van der Waals surface area contributed by atoms with E-state index >= 15 is 0 Å². The van der Waals surface area contributed by atoms with Crippen LogP contribution in [0.5, 0.6) is 17.2 Å². The number of rotatable bonds is 15. The molecular weight excluding hydrogens is 629 g/mol. The summed E-state index contributed by atoms with van der Waals surface area (Å²) in [7, 11) is -2.52. The molecule has 0 aromatic heterocycles. The number of carbonyl (C=O) groups is 2. The zero-order chi connectivity index (χ0) is 32.9. The Hall–Kier alpha value is -5.01. The zero-order valence-electron chi connectivity index (χ0n) is 25.5. The van der Waals surface area contributed by atoms with E-state index in [1.807, 2.05) is 13.2 Å². The van der Waals surface area contributed by atoms with Crippen LogP contribution in [0.3, 0.4) is 0 Å². The molecule has 0 aliphatic carbocycles. The molecule has 0 aliphatic heterocycles. The van der Waals surface area contributed by atoms with Gasteiger partial charge in [-0.1, -0.05) is 0 Å². The first-order chi connectivity index (χ1) is 22.2. The molecule has 0 unspecified atom stereocenters. The van der Waals surface area contributed by atoms with E-state index in [4.69, 9.17) is 14.2 Å². The molecule has 4 aromatic carbocycles. The Balaban J connectivity index is 1.36. The number of hydrogen-bond donors (Lipinski definition) is 2. The Bertz CT molecular complexity index is 1730. The molecule has 0 bridgehead atoms. The van der Waals surface area contributed by atoms with E-state index in [1.165, 1.54) is 30.1 Å². The smallest absolute Gasteiger partial charge is 0.264 e. The van der Waals surface area contributed by atoms with Crippen LogP contribution < -0.4 is 29.3 Å². The van der Waals surface area contributed by atoms with E-state index < -0.39 is 22.5 Å². The molecule has 0 heterocycles. The monoisotopic (exact) mass is 662 g/mol. The van der Waals surface area contributed by atoms with Gasteiger partial charge in [0.15, 0.2) is 6.61 Å². The molecule has 0 spiro atoms. The predicted molar refractivity (Wildman–Crippen MR) is 180 cm³/mol. The third-order valence-corrected chi connectivity index (χ3v) is 8.93. The van der Waals surface area contributed by atoms with E-state index in [9.17, 15) is 18.0 Å². The molecule has 0 radical (unpaired) electrons. The highest BCUT2D eigenvalue weighted by Gasteiger charge is 2.27. The minimum Gasteiger partial charge on any atom is -0.497 e. The lowest BCUT2D eigenvalue weighted by atomic mass is 10.2. The van der Waals surface area contributed by atoms with Crippen molar-refractivity contribution in [3.63, 3.8) is 0 Å². The summed E-state index contributed by atoms with van der Waals surface area (Å²) < 4.78 is 44.4.